The summed E-state index contributed by atoms with van der Waals surface area (Å²) in [4.78, 5) is 7.34. The fourth-order valence-electron chi connectivity index (χ4n) is 1.26. The number of nitrogens with one attached hydrogen (secondary N) is 1. The van der Waals surface area contributed by atoms with Crippen molar-refractivity contribution in [3.05, 3.63) is 10.6 Å². The molecule has 0 fully saturated rings. The highest BCUT2D eigenvalue weighted by Crippen LogP contribution is 2.25. The Kier molecular flexibility index (Phi) is 3.46. The smallest absolute Gasteiger partial charge is 0.186 e. The summed E-state index contributed by atoms with van der Waals surface area (Å²) in [7, 11) is 0. The van der Waals surface area contributed by atoms with Gasteiger partial charge in [0.05, 0.1) is 10.6 Å². The zero-order valence-electron chi connectivity index (χ0n) is 8.79. The van der Waals surface area contributed by atoms with Gasteiger partial charge in [0, 0.05) is 13.1 Å². The zero-order valence-corrected chi connectivity index (χ0v) is 9.61. The van der Waals surface area contributed by atoms with Crippen LogP contribution in [0.25, 0.3) is 0 Å². The first kappa shape index (κ1) is 11.0. The van der Waals surface area contributed by atoms with E-state index >= 15 is 0 Å². The first-order valence-electron chi connectivity index (χ1n) is 4.66. The lowest BCUT2D eigenvalue weighted by Gasteiger charge is -2.16. The minimum absolute atomic E-state index is 0.110. The van der Waals surface area contributed by atoms with Crippen LogP contribution in [0.5, 0.6) is 0 Å². The maximum Gasteiger partial charge on any atom is 0.186 e. The van der Waals surface area contributed by atoms with E-state index in [1.807, 2.05) is 6.92 Å². The second-order valence-corrected chi connectivity index (χ2v) is 3.97. The number of amidine groups is 1. The highest BCUT2D eigenvalue weighted by atomic mass is 32.1. The molecule has 0 radical (unpaired) electrons. The van der Waals surface area contributed by atoms with Gasteiger partial charge < -0.3 is 10.6 Å². The minimum Gasteiger partial charge on any atom is -0.383 e. The molecule has 0 aliphatic heterocycles. The van der Waals surface area contributed by atoms with Crippen molar-refractivity contribution >= 4 is 22.3 Å². The van der Waals surface area contributed by atoms with Crippen LogP contribution in [-0.4, -0.2) is 23.9 Å². The van der Waals surface area contributed by atoms with Crippen molar-refractivity contribution in [3.63, 3.8) is 0 Å². The summed E-state index contributed by atoms with van der Waals surface area (Å²) in [6, 6.07) is 0. The number of nitrogen functional groups attached to an aromatic ring is 1. The van der Waals surface area contributed by atoms with E-state index in [0.717, 1.165) is 28.8 Å². The first-order chi connectivity index (χ1) is 6.60. The monoisotopic (exact) mass is 212 g/mol. The zero-order chi connectivity index (χ0) is 10.7. The Labute approximate surface area is 88.3 Å². The number of thiazole rings is 1. The number of nitrogens with zero attached hydrogens (tertiary/aromatic N) is 2. The standard InChI is InChI=1S/C9H16N4S/c1-4-13(5-2)9-12-6(3)7(14-9)8(10)11/h4-5H2,1-3H3,(H3,10,11). The summed E-state index contributed by atoms with van der Waals surface area (Å²) in [5, 5.41) is 8.33. The molecule has 1 heterocycles. The number of rotatable bonds is 4. The molecule has 0 saturated heterocycles. The Morgan fingerprint density at radius 2 is 2.07 bits per heavy atom. The highest BCUT2D eigenvalue weighted by Gasteiger charge is 2.12. The van der Waals surface area contributed by atoms with Crippen LogP contribution in [0.4, 0.5) is 5.13 Å². The summed E-state index contributed by atoms with van der Waals surface area (Å²) in [5.74, 6) is 0.110. The van der Waals surface area contributed by atoms with Gasteiger partial charge in [-0.2, -0.15) is 0 Å². The van der Waals surface area contributed by atoms with Crippen molar-refractivity contribution in [2.75, 3.05) is 18.0 Å². The van der Waals surface area contributed by atoms with Gasteiger partial charge in [-0.1, -0.05) is 11.3 Å². The van der Waals surface area contributed by atoms with Gasteiger partial charge in [0.2, 0.25) is 0 Å². The molecule has 4 nitrogen and oxygen atoms in total. The molecule has 0 saturated carbocycles. The Morgan fingerprint density at radius 3 is 2.43 bits per heavy atom. The normalized spacial score (nSPS) is 10.2. The van der Waals surface area contributed by atoms with Gasteiger partial charge in [0.1, 0.15) is 5.84 Å². The molecule has 0 atom stereocenters. The number of hydrogen-bond donors (Lipinski definition) is 2. The van der Waals surface area contributed by atoms with Crippen LogP contribution in [0, 0.1) is 12.3 Å². The van der Waals surface area contributed by atoms with Crippen molar-refractivity contribution in [2.24, 2.45) is 5.73 Å². The SMILES string of the molecule is CCN(CC)c1nc(C)c(C(=N)N)s1. The van der Waals surface area contributed by atoms with E-state index in [9.17, 15) is 0 Å². The number of nitrogens with two attached hydrogens (primary N) is 1. The minimum atomic E-state index is 0.110. The Bertz CT molecular complexity index is 328. The Balaban J connectivity index is 3.01. The van der Waals surface area contributed by atoms with Crippen molar-refractivity contribution in [3.8, 4) is 0 Å². The number of aryl methyl sites for hydroxylation is 1. The Morgan fingerprint density at radius 1 is 1.50 bits per heavy atom. The third-order valence-electron chi connectivity index (χ3n) is 2.06. The summed E-state index contributed by atoms with van der Waals surface area (Å²) in [5.41, 5.74) is 6.30. The average molecular weight is 212 g/mol. The van der Waals surface area contributed by atoms with Crippen molar-refractivity contribution < 1.29 is 0 Å². The summed E-state index contributed by atoms with van der Waals surface area (Å²) in [6.07, 6.45) is 0. The summed E-state index contributed by atoms with van der Waals surface area (Å²) >= 11 is 1.49. The van der Waals surface area contributed by atoms with Crippen LogP contribution < -0.4 is 10.6 Å². The molecule has 0 spiro atoms. The molecule has 1 rings (SSSR count). The average Bonchev–Trinajstić information content (AvgIpc) is 2.50. The van der Waals surface area contributed by atoms with Crippen LogP contribution in [0.2, 0.25) is 0 Å². The third kappa shape index (κ3) is 2.04. The van der Waals surface area contributed by atoms with Gasteiger partial charge in [-0.05, 0) is 20.8 Å². The molecule has 0 aliphatic rings. The molecule has 1 aromatic rings. The van der Waals surface area contributed by atoms with E-state index < -0.39 is 0 Å². The second kappa shape index (κ2) is 4.41. The summed E-state index contributed by atoms with van der Waals surface area (Å²) in [6.45, 7) is 7.93. The molecule has 5 heteroatoms. The van der Waals surface area contributed by atoms with Crippen LogP contribution in [-0.2, 0) is 0 Å². The van der Waals surface area contributed by atoms with E-state index in [1.54, 1.807) is 0 Å². The molecular formula is C9H16N4S. The second-order valence-electron chi connectivity index (χ2n) is 3.00. The topological polar surface area (TPSA) is 66.0 Å². The predicted octanol–water partition coefficient (Wildman–Crippen LogP) is 1.58. The predicted molar refractivity (Wildman–Crippen MR) is 61.4 cm³/mol. The molecule has 3 N–H and O–H groups in total. The number of anilines is 1. The van der Waals surface area contributed by atoms with Gasteiger partial charge >= 0.3 is 0 Å². The fraction of sp³-hybridized carbons (Fsp3) is 0.556. The maximum atomic E-state index is 7.37. The van der Waals surface area contributed by atoms with E-state index in [1.165, 1.54) is 11.3 Å². The number of aromatic nitrogens is 1. The summed E-state index contributed by atoms with van der Waals surface area (Å²) < 4.78 is 0. The van der Waals surface area contributed by atoms with Crippen LogP contribution in [0.1, 0.15) is 24.4 Å². The lowest BCUT2D eigenvalue weighted by molar-refractivity contribution is 0.857. The molecule has 0 aromatic carbocycles. The molecule has 0 bridgehead atoms. The van der Waals surface area contributed by atoms with Gasteiger partial charge in [-0.15, -0.1) is 0 Å². The lowest BCUT2D eigenvalue weighted by Crippen LogP contribution is -2.21. The van der Waals surface area contributed by atoms with E-state index in [4.69, 9.17) is 11.1 Å². The van der Waals surface area contributed by atoms with Gasteiger partial charge in [0.25, 0.3) is 0 Å². The van der Waals surface area contributed by atoms with Crippen LogP contribution >= 0.6 is 11.3 Å². The first-order valence-corrected chi connectivity index (χ1v) is 5.48. The van der Waals surface area contributed by atoms with Crippen LogP contribution in [0.15, 0.2) is 0 Å². The molecule has 0 unspecified atom stereocenters. The molecule has 78 valence electrons. The van der Waals surface area contributed by atoms with E-state index in [-0.39, 0.29) is 5.84 Å². The molecule has 14 heavy (non-hydrogen) atoms. The van der Waals surface area contributed by atoms with E-state index in [0.29, 0.717) is 0 Å². The van der Waals surface area contributed by atoms with Crippen LogP contribution in [0.3, 0.4) is 0 Å². The largest absolute Gasteiger partial charge is 0.383 e. The van der Waals surface area contributed by atoms with Crippen molar-refractivity contribution in [1.29, 1.82) is 5.41 Å². The molecular weight excluding hydrogens is 196 g/mol. The van der Waals surface area contributed by atoms with Crippen molar-refractivity contribution in [2.45, 2.75) is 20.8 Å². The maximum absolute atomic E-state index is 7.37. The highest BCUT2D eigenvalue weighted by molar-refractivity contribution is 7.17. The molecule has 0 aliphatic carbocycles. The quantitative estimate of drug-likeness (QED) is 0.588. The van der Waals surface area contributed by atoms with Gasteiger partial charge in [0.15, 0.2) is 5.13 Å². The third-order valence-corrected chi connectivity index (χ3v) is 3.32. The van der Waals surface area contributed by atoms with Gasteiger partial charge in [-0.3, -0.25) is 5.41 Å². The molecule has 0 amide bonds. The molecule has 1 aromatic heterocycles. The van der Waals surface area contributed by atoms with Gasteiger partial charge in [-0.25, -0.2) is 4.98 Å². The fourth-order valence-corrected chi connectivity index (χ4v) is 2.32. The number of hydrogen-bond acceptors (Lipinski definition) is 4. The van der Waals surface area contributed by atoms with E-state index in [2.05, 4.69) is 23.7 Å². The Hall–Kier alpha value is -1.10. The van der Waals surface area contributed by atoms with Crippen molar-refractivity contribution in [1.82, 2.24) is 4.98 Å². The lowest BCUT2D eigenvalue weighted by atomic mass is 10.4.